The Bertz CT molecular complexity index is 564. The van der Waals surface area contributed by atoms with Crippen molar-refractivity contribution >= 4 is 5.91 Å². The SMILES string of the molecule is COc1ccccc1CC1CC(C)C=C2NC(=O)CCC21. The molecule has 0 saturated carbocycles. The van der Waals surface area contributed by atoms with Gasteiger partial charge in [0.25, 0.3) is 0 Å². The van der Waals surface area contributed by atoms with E-state index in [2.05, 4.69) is 30.4 Å². The van der Waals surface area contributed by atoms with Crippen LogP contribution in [0.5, 0.6) is 5.75 Å². The van der Waals surface area contributed by atoms with E-state index in [0.717, 1.165) is 24.3 Å². The molecule has 3 rings (SSSR count). The average Bonchev–Trinajstić information content (AvgIpc) is 2.47. The highest BCUT2D eigenvalue weighted by Gasteiger charge is 2.34. The zero-order valence-corrected chi connectivity index (χ0v) is 12.8. The first-order chi connectivity index (χ1) is 10.2. The van der Waals surface area contributed by atoms with Gasteiger partial charge in [-0.3, -0.25) is 4.79 Å². The molecule has 2 aliphatic rings. The van der Waals surface area contributed by atoms with Crippen LogP contribution in [-0.4, -0.2) is 13.0 Å². The van der Waals surface area contributed by atoms with Gasteiger partial charge in [0.05, 0.1) is 7.11 Å². The molecule has 1 amide bonds. The topological polar surface area (TPSA) is 38.3 Å². The number of amides is 1. The number of carbonyl (C=O) groups excluding carboxylic acids is 1. The van der Waals surface area contributed by atoms with Crippen LogP contribution in [0.15, 0.2) is 36.0 Å². The lowest BCUT2D eigenvalue weighted by Crippen LogP contribution is -2.39. The molecule has 3 unspecified atom stereocenters. The van der Waals surface area contributed by atoms with E-state index in [1.807, 2.05) is 12.1 Å². The summed E-state index contributed by atoms with van der Waals surface area (Å²) in [6.45, 7) is 2.24. The van der Waals surface area contributed by atoms with Crippen molar-refractivity contribution in [2.45, 2.75) is 32.6 Å². The van der Waals surface area contributed by atoms with E-state index < -0.39 is 0 Å². The zero-order chi connectivity index (χ0) is 14.8. The largest absolute Gasteiger partial charge is 0.496 e. The van der Waals surface area contributed by atoms with Gasteiger partial charge in [-0.05, 0) is 42.7 Å². The van der Waals surface area contributed by atoms with Crippen molar-refractivity contribution in [1.82, 2.24) is 5.32 Å². The molecule has 0 spiro atoms. The number of methoxy groups -OCH3 is 1. The van der Waals surface area contributed by atoms with Gasteiger partial charge in [-0.1, -0.05) is 31.2 Å². The molecule has 1 aliphatic heterocycles. The number of allylic oxidation sites excluding steroid dienone is 2. The number of piperidine rings is 1. The van der Waals surface area contributed by atoms with Crippen LogP contribution in [0, 0.1) is 17.8 Å². The number of benzene rings is 1. The van der Waals surface area contributed by atoms with E-state index in [-0.39, 0.29) is 5.91 Å². The minimum atomic E-state index is 0.169. The number of hydrogen-bond acceptors (Lipinski definition) is 2. The summed E-state index contributed by atoms with van der Waals surface area (Å²) < 4.78 is 5.48. The first-order valence-corrected chi connectivity index (χ1v) is 7.81. The normalized spacial score (nSPS) is 28.4. The predicted octanol–water partition coefficient (Wildman–Crippen LogP) is 3.30. The van der Waals surface area contributed by atoms with E-state index in [1.165, 1.54) is 12.0 Å². The summed E-state index contributed by atoms with van der Waals surface area (Å²) in [5.41, 5.74) is 2.43. The van der Waals surface area contributed by atoms with Crippen LogP contribution in [0.4, 0.5) is 0 Å². The summed E-state index contributed by atoms with van der Waals surface area (Å²) >= 11 is 0. The lowest BCUT2D eigenvalue weighted by Gasteiger charge is -2.38. The van der Waals surface area contributed by atoms with Gasteiger partial charge < -0.3 is 10.1 Å². The second-order valence-electron chi connectivity index (χ2n) is 6.30. The molecule has 1 N–H and O–H groups in total. The summed E-state index contributed by atoms with van der Waals surface area (Å²) in [5.74, 6) is 2.74. The Morgan fingerprint density at radius 3 is 2.95 bits per heavy atom. The summed E-state index contributed by atoms with van der Waals surface area (Å²) in [4.78, 5) is 11.6. The Kier molecular flexibility index (Phi) is 4.00. The van der Waals surface area contributed by atoms with Crippen molar-refractivity contribution in [2.24, 2.45) is 17.8 Å². The third kappa shape index (κ3) is 2.97. The number of ether oxygens (including phenoxy) is 1. The predicted molar refractivity (Wildman–Crippen MR) is 82.9 cm³/mol. The molecule has 0 radical (unpaired) electrons. The lowest BCUT2D eigenvalue weighted by molar-refractivity contribution is -0.122. The maximum absolute atomic E-state index is 11.6. The molecule has 3 heteroatoms. The zero-order valence-electron chi connectivity index (χ0n) is 12.8. The Balaban J connectivity index is 1.82. The number of carbonyl (C=O) groups is 1. The highest BCUT2D eigenvalue weighted by molar-refractivity contribution is 5.79. The second-order valence-corrected chi connectivity index (χ2v) is 6.30. The Morgan fingerprint density at radius 2 is 2.14 bits per heavy atom. The summed E-state index contributed by atoms with van der Waals surface area (Å²) in [7, 11) is 1.73. The van der Waals surface area contributed by atoms with Crippen molar-refractivity contribution in [3.8, 4) is 5.75 Å². The Hall–Kier alpha value is -1.77. The van der Waals surface area contributed by atoms with E-state index in [0.29, 0.717) is 24.2 Å². The van der Waals surface area contributed by atoms with E-state index in [9.17, 15) is 4.79 Å². The molecule has 1 heterocycles. The fourth-order valence-electron chi connectivity index (χ4n) is 3.81. The molecule has 1 aliphatic carbocycles. The highest BCUT2D eigenvalue weighted by atomic mass is 16.5. The molecule has 0 aromatic heterocycles. The van der Waals surface area contributed by atoms with Gasteiger partial charge in [-0.15, -0.1) is 0 Å². The fraction of sp³-hybridized carbons (Fsp3) is 0.500. The first-order valence-electron chi connectivity index (χ1n) is 7.81. The summed E-state index contributed by atoms with van der Waals surface area (Å²) in [5, 5.41) is 3.08. The number of rotatable bonds is 3. The van der Waals surface area contributed by atoms with Crippen LogP contribution in [0.3, 0.4) is 0 Å². The molecular formula is C18H23NO2. The molecule has 3 atom stereocenters. The second kappa shape index (κ2) is 5.92. The van der Waals surface area contributed by atoms with Crippen LogP contribution in [0.1, 0.15) is 31.7 Å². The van der Waals surface area contributed by atoms with Crippen molar-refractivity contribution in [3.63, 3.8) is 0 Å². The minimum absolute atomic E-state index is 0.169. The quantitative estimate of drug-likeness (QED) is 0.925. The van der Waals surface area contributed by atoms with Crippen molar-refractivity contribution in [3.05, 3.63) is 41.6 Å². The summed E-state index contributed by atoms with van der Waals surface area (Å²) in [6, 6.07) is 8.27. The number of hydrogen-bond donors (Lipinski definition) is 1. The third-order valence-corrected chi connectivity index (χ3v) is 4.75. The van der Waals surface area contributed by atoms with Gasteiger partial charge in [-0.25, -0.2) is 0 Å². The van der Waals surface area contributed by atoms with Crippen LogP contribution < -0.4 is 10.1 Å². The number of nitrogens with one attached hydrogen (secondary N) is 1. The molecular weight excluding hydrogens is 262 g/mol. The number of para-hydroxylation sites is 1. The maximum Gasteiger partial charge on any atom is 0.224 e. The Morgan fingerprint density at radius 1 is 1.33 bits per heavy atom. The van der Waals surface area contributed by atoms with Crippen LogP contribution in [0.2, 0.25) is 0 Å². The van der Waals surface area contributed by atoms with Crippen LogP contribution >= 0.6 is 0 Å². The van der Waals surface area contributed by atoms with Gasteiger partial charge in [0, 0.05) is 18.0 Å². The lowest BCUT2D eigenvalue weighted by atomic mass is 9.71. The molecule has 1 aromatic rings. The Labute approximate surface area is 126 Å². The summed E-state index contributed by atoms with van der Waals surface area (Å²) in [6.07, 6.45) is 6.08. The standard InChI is InChI=1S/C18H23NO2/c1-12-9-14(11-13-5-3-4-6-17(13)21-2)15-7-8-18(20)19-16(15)10-12/h3-6,10,12,14-15H,7-9,11H2,1-2H3,(H,19,20). The van der Waals surface area contributed by atoms with Crippen molar-refractivity contribution in [2.75, 3.05) is 7.11 Å². The van der Waals surface area contributed by atoms with Gasteiger partial charge in [0.1, 0.15) is 5.75 Å². The molecule has 1 aromatic carbocycles. The van der Waals surface area contributed by atoms with Crippen molar-refractivity contribution < 1.29 is 9.53 Å². The monoisotopic (exact) mass is 285 g/mol. The minimum Gasteiger partial charge on any atom is -0.496 e. The van der Waals surface area contributed by atoms with E-state index in [4.69, 9.17) is 4.74 Å². The van der Waals surface area contributed by atoms with Gasteiger partial charge >= 0.3 is 0 Å². The fourth-order valence-corrected chi connectivity index (χ4v) is 3.81. The highest BCUT2D eigenvalue weighted by Crippen LogP contribution is 2.40. The van der Waals surface area contributed by atoms with Crippen LogP contribution in [0.25, 0.3) is 0 Å². The van der Waals surface area contributed by atoms with E-state index >= 15 is 0 Å². The molecule has 3 nitrogen and oxygen atoms in total. The molecule has 1 fully saturated rings. The maximum atomic E-state index is 11.6. The first kappa shape index (κ1) is 14.2. The third-order valence-electron chi connectivity index (χ3n) is 4.75. The van der Waals surface area contributed by atoms with Crippen molar-refractivity contribution in [1.29, 1.82) is 0 Å². The average molecular weight is 285 g/mol. The van der Waals surface area contributed by atoms with E-state index in [1.54, 1.807) is 7.11 Å². The smallest absolute Gasteiger partial charge is 0.224 e. The van der Waals surface area contributed by atoms with Crippen LogP contribution in [-0.2, 0) is 11.2 Å². The molecule has 21 heavy (non-hydrogen) atoms. The number of fused-ring (bicyclic) bond motifs is 1. The molecule has 1 saturated heterocycles. The van der Waals surface area contributed by atoms with Gasteiger partial charge in [0.2, 0.25) is 5.91 Å². The van der Waals surface area contributed by atoms with Gasteiger partial charge in [0.15, 0.2) is 0 Å². The molecule has 112 valence electrons. The molecule has 0 bridgehead atoms. The van der Waals surface area contributed by atoms with Gasteiger partial charge in [-0.2, -0.15) is 0 Å².